The van der Waals surface area contributed by atoms with E-state index < -0.39 is 0 Å². The fraction of sp³-hybridized carbons (Fsp3) is 0.409. The van der Waals surface area contributed by atoms with Gasteiger partial charge in [0.2, 0.25) is 0 Å². The minimum Gasteiger partial charge on any atom is -0.508 e. The number of nitrogens with one attached hydrogen (secondary N) is 1. The van der Waals surface area contributed by atoms with E-state index in [1.54, 1.807) is 19.2 Å². The summed E-state index contributed by atoms with van der Waals surface area (Å²) in [5, 5.41) is 12.8. The number of benzene rings is 2. The number of phenolic OH excluding ortho intramolecular Hbond substituents is 1. The van der Waals surface area contributed by atoms with Gasteiger partial charge < -0.3 is 25.0 Å². The molecule has 0 radical (unpaired) electrons. The Morgan fingerprint density at radius 1 is 1.03 bits per heavy atom. The van der Waals surface area contributed by atoms with E-state index in [2.05, 4.69) is 32.2 Å². The number of phenols is 1. The summed E-state index contributed by atoms with van der Waals surface area (Å²) < 4.78 is 5.24. The molecule has 0 unspecified atom stereocenters. The number of methoxy groups -OCH3 is 1. The number of guanidine groups is 1. The van der Waals surface area contributed by atoms with Crippen molar-refractivity contribution in [2.45, 2.75) is 12.8 Å². The number of piperazine rings is 1. The zero-order valence-electron chi connectivity index (χ0n) is 17.2. The van der Waals surface area contributed by atoms with Gasteiger partial charge in [0.15, 0.2) is 5.96 Å². The zero-order valence-corrected chi connectivity index (χ0v) is 19.5. The number of rotatable bonds is 6. The normalized spacial score (nSPS) is 14.3. The van der Waals surface area contributed by atoms with Crippen LogP contribution in [-0.2, 0) is 6.42 Å². The van der Waals surface area contributed by atoms with Crippen LogP contribution in [0.15, 0.2) is 53.5 Å². The predicted octanol–water partition coefficient (Wildman–Crippen LogP) is 3.35. The number of hydrogen-bond donors (Lipinski definition) is 2. The molecule has 3 rings (SSSR count). The summed E-state index contributed by atoms with van der Waals surface area (Å²) in [5.74, 6) is 2.18. The number of halogens is 1. The Morgan fingerprint density at radius 2 is 1.69 bits per heavy atom. The first-order valence-corrected chi connectivity index (χ1v) is 9.82. The summed E-state index contributed by atoms with van der Waals surface area (Å²) in [6, 6.07) is 15.7. The van der Waals surface area contributed by atoms with Crippen molar-refractivity contribution in [2.75, 3.05) is 51.8 Å². The first kappa shape index (κ1) is 23.1. The third-order valence-corrected chi connectivity index (χ3v) is 5.09. The lowest BCUT2D eigenvalue weighted by atomic mass is 10.1. The Kier molecular flexibility index (Phi) is 9.37. The molecule has 1 aliphatic heterocycles. The molecule has 0 aliphatic carbocycles. The molecular formula is C22H31IN4O2. The summed E-state index contributed by atoms with van der Waals surface area (Å²) >= 11 is 0. The fourth-order valence-corrected chi connectivity index (χ4v) is 3.46. The van der Waals surface area contributed by atoms with Gasteiger partial charge in [0, 0.05) is 45.5 Å². The summed E-state index contributed by atoms with van der Waals surface area (Å²) in [6.07, 6.45) is 2.01. The van der Waals surface area contributed by atoms with E-state index in [-0.39, 0.29) is 24.0 Å². The van der Waals surface area contributed by atoms with E-state index in [1.165, 1.54) is 11.3 Å². The van der Waals surface area contributed by atoms with Crippen molar-refractivity contribution in [3.05, 3.63) is 54.1 Å². The maximum atomic E-state index is 9.35. The van der Waals surface area contributed by atoms with Crippen molar-refractivity contribution < 1.29 is 9.84 Å². The highest BCUT2D eigenvalue weighted by Crippen LogP contribution is 2.20. The number of aliphatic imine (C=N–C) groups is 1. The van der Waals surface area contributed by atoms with E-state index in [9.17, 15) is 5.11 Å². The first-order valence-electron chi connectivity index (χ1n) is 9.82. The average Bonchev–Trinajstić information content (AvgIpc) is 2.75. The van der Waals surface area contributed by atoms with Crippen LogP contribution in [0.2, 0.25) is 0 Å². The van der Waals surface area contributed by atoms with Crippen LogP contribution < -0.4 is 15.0 Å². The third-order valence-electron chi connectivity index (χ3n) is 5.09. The molecule has 2 N–H and O–H groups in total. The molecular weight excluding hydrogens is 479 g/mol. The Labute approximate surface area is 190 Å². The van der Waals surface area contributed by atoms with Gasteiger partial charge in [0.25, 0.3) is 0 Å². The highest BCUT2D eigenvalue weighted by molar-refractivity contribution is 14.0. The Balaban J connectivity index is 0.00000300. The van der Waals surface area contributed by atoms with Crippen molar-refractivity contribution in [1.29, 1.82) is 0 Å². The van der Waals surface area contributed by atoms with Crippen LogP contribution in [0.1, 0.15) is 12.0 Å². The zero-order chi connectivity index (χ0) is 19.8. The van der Waals surface area contributed by atoms with Crippen LogP contribution >= 0.6 is 24.0 Å². The second-order valence-corrected chi connectivity index (χ2v) is 6.92. The number of ether oxygens (including phenoxy) is 1. The second-order valence-electron chi connectivity index (χ2n) is 6.92. The molecule has 1 heterocycles. The molecule has 7 heteroatoms. The Bertz CT molecular complexity index is 757. The smallest absolute Gasteiger partial charge is 0.193 e. The van der Waals surface area contributed by atoms with Crippen molar-refractivity contribution >= 4 is 35.6 Å². The molecule has 6 nitrogen and oxygen atoms in total. The van der Waals surface area contributed by atoms with Crippen molar-refractivity contribution in [1.82, 2.24) is 10.2 Å². The van der Waals surface area contributed by atoms with Crippen molar-refractivity contribution in [3.8, 4) is 11.5 Å². The highest BCUT2D eigenvalue weighted by Gasteiger charge is 2.19. The van der Waals surface area contributed by atoms with Gasteiger partial charge in [-0.2, -0.15) is 0 Å². The summed E-state index contributed by atoms with van der Waals surface area (Å²) in [7, 11) is 3.54. The van der Waals surface area contributed by atoms with Crippen LogP contribution in [0.4, 0.5) is 5.69 Å². The molecule has 0 spiro atoms. The molecule has 1 fully saturated rings. The maximum Gasteiger partial charge on any atom is 0.193 e. The lowest BCUT2D eigenvalue weighted by Gasteiger charge is -2.37. The van der Waals surface area contributed by atoms with E-state index in [0.717, 1.165) is 57.3 Å². The summed E-state index contributed by atoms with van der Waals surface area (Å²) in [4.78, 5) is 9.17. The SMILES string of the molecule is CN=C(NCCCc1ccc(O)cc1)N1CCN(c2ccc(OC)cc2)CC1.I. The van der Waals surface area contributed by atoms with E-state index in [0.29, 0.717) is 5.75 Å². The van der Waals surface area contributed by atoms with Gasteiger partial charge in [0.05, 0.1) is 7.11 Å². The Hall–Kier alpha value is -2.16. The van der Waals surface area contributed by atoms with Gasteiger partial charge >= 0.3 is 0 Å². The molecule has 158 valence electrons. The molecule has 0 amide bonds. The molecule has 0 bridgehead atoms. The minimum atomic E-state index is 0. The van der Waals surface area contributed by atoms with E-state index in [1.807, 2.05) is 31.3 Å². The number of aromatic hydroxyl groups is 1. The van der Waals surface area contributed by atoms with Crippen LogP contribution in [0, 0.1) is 0 Å². The van der Waals surface area contributed by atoms with Gasteiger partial charge in [0.1, 0.15) is 11.5 Å². The fourth-order valence-electron chi connectivity index (χ4n) is 3.46. The monoisotopic (exact) mass is 510 g/mol. The summed E-state index contributed by atoms with van der Waals surface area (Å²) in [6.45, 7) is 4.72. The lowest BCUT2D eigenvalue weighted by Crippen LogP contribution is -2.52. The molecule has 2 aromatic carbocycles. The van der Waals surface area contributed by atoms with Crippen LogP contribution in [0.25, 0.3) is 0 Å². The molecule has 29 heavy (non-hydrogen) atoms. The van der Waals surface area contributed by atoms with Crippen molar-refractivity contribution in [2.24, 2.45) is 4.99 Å². The topological polar surface area (TPSA) is 60.3 Å². The Morgan fingerprint density at radius 3 is 2.28 bits per heavy atom. The third kappa shape index (κ3) is 6.69. The van der Waals surface area contributed by atoms with Gasteiger partial charge in [-0.05, 0) is 54.8 Å². The van der Waals surface area contributed by atoms with E-state index >= 15 is 0 Å². The quantitative estimate of drug-likeness (QED) is 0.270. The van der Waals surface area contributed by atoms with Crippen molar-refractivity contribution in [3.63, 3.8) is 0 Å². The van der Waals surface area contributed by atoms with E-state index in [4.69, 9.17) is 4.74 Å². The minimum absolute atomic E-state index is 0. The molecule has 0 aromatic heterocycles. The average molecular weight is 510 g/mol. The van der Waals surface area contributed by atoms with Crippen LogP contribution in [0.3, 0.4) is 0 Å². The lowest BCUT2D eigenvalue weighted by molar-refractivity contribution is 0.372. The largest absolute Gasteiger partial charge is 0.508 e. The van der Waals surface area contributed by atoms with Gasteiger partial charge in [-0.25, -0.2) is 0 Å². The molecule has 2 aromatic rings. The first-order chi connectivity index (χ1) is 13.7. The number of nitrogens with zero attached hydrogens (tertiary/aromatic N) is 3. The maximum absolute atomic E-state index is 9.35. The van der Waals surface area contributed by atoms with Crippen LogP contribution in [0.5, 0.6) is 11.5 Å². The standard InChI is InChI=1S/C22H30N4O2.HI/c1-23-22(24-13-3-4-18-5-9-20(27)10-6-18)26-16-14-25(15-17-26)19-7-11-21(28-2)12-8-19;/h5-12,27H,3-4,13-17H2,1-2H3,(H,23,24);1H. The predicted molar refractivity (Wildman–Crippen MR) is 130 cm³/mol. The van der Waals surface area contributed by atoms with Crippen LogP contribution in [-0.4, -0.2) is 62.8 Å². The molecule has 0 atom stereocenters. The number of anilines is 1. The molecule has 1 saturated heterocycles. The summed E-state index contributed by atoms with van der Waals surface area (Å²) in [5.41, 5.74) is 2.47. The second kappa shape index (κ2) is 11.7. The number of hydrogen-bond acceptors (Lipinski definition) is 4. The van der Waals surface area contributed by atoms with Gasteiger partial charge in [-0.1, -0.05) is 12.1 Å². The molecule has 1 aliphatic rings. The van der Waals surface area contributed by atoms with Gasteiger partial charge in [-0.15, -0.1) is 24.0 Å². The molecule has 0 saturated carbocycles. The van der Waals surface area contributed by atoms with Gasteiger partial charge in [-0.3, -0.25) is 4.99 Å². The highest BCUT2D eigenvalue weighted by atomic mass is 127. The number of aryl methyl sites for hydroxylation is 1.